The van der Waals surface area contributed by atoms with Crippen molar-refractivity contribution in [1.29, 1.82) is 0 Å². The van der Waals surface area contributed by atoms with E-state index in [1.165, 1.54) is 7.11 Å². The van der Waals surface area contributed by atoms with Crippen LogP contribution in [-0.2, 0) is 0 Å². The summed E-state index contributed by atoms with van der Waals surface area (Å²) in [5.74, 6) is 0.482. The molecule has 3 nitrogen and oxygen atoms in total. The van der Waals surface area contributed by atoms with Crippen molar-refractivity contribution in [2.45, 2.75) is 6.92 Å². The molecule has 0 atom stereocenters. The van der Waals surface area contributed by atoms with Crippen molar-refractivity contribution in [3.8, 4) is 5.75 Å². The van der Waals surface area contributed by atoms with Gasteiger partial charge >= 0.3 is 7.12 Å². The highest BCUT2D eigenvalue weighted by Gasteiger charge is 2.17. The standard InChI is InChI=1S/C8H10BBrO3/c1-5-3-8(13-2)6(9(11)12)4-7(5)10/h3-4,11-12H,1-2H3. The second-order valence-electron chi connectivity index (χ2n) is 2.72. The van der Waals surface area contributed by atoms with E-state index in [2.05, 4.69) is 15.9 Å². The Morgan fingerprint density at radius 2 is 2.00 bits per heavy atom. The molecule has 0 heterocycles. The third-order valence-corrected chi connectivity index (χ3v) is 2.64. The van der Waals surface area contributed by atoms with Gasteiger partial charge in [0.15, 0.2) is 0 Å². The molecule has 2 N–H and O–H groups in total. The maximum Gasteiger partial charge on any atom is 0.492 e. The fourth-order valence-electron chi connectivity index (χ4n) is 1.05. The molecule has 13 heavy (non-hydrogen) atoms. The molecule has 0 spiro atoms. The van der Waals surface area contributed by atoms with Gasteiger partial charge in [-0.2, -0.15) is 0 Å². The van der Waals surface area contributed by atoms with Gasteiger partial charge in [0.1, 0.15) is 5.75 Å². The van der Waals surface area contributed by atoms with Crippen molar-refractivity contribution in [2.24, 2.45) is 0 Å². The van der Waals surface area contributed by atoms with Crippen LogP contribution in [0, 0.1) is 6.92 Å². The van der Waals surface area contributed by atoms with Gasteiger partial charge in [0, 0.05) is 9.94 Å². The van der Waals surface area contributed by atoms with Gasteiger partial charge in [0.05, 0.1) is 7.11 Å². The minimum atomic E-state index is -1.51. The monoisotopic (exact) mass is 244 g/mol. The summed E-state index contributed by atoms with van der Waals surface area (Å²) in [6, 6.07) is 3.39. The molecule has 0 aliphatic rings. The maximum absolute atomic E-state index is 9.01. The Bertz CT molecular complexity index is 315. The Balaban J connectivity index is 3.25. The summed E-state index contributed by atoms with van der Waals surface area (Å²) in [6.45, 7) is 1.90. The smallest absolute Gasteiger partial charge is 0.492 e. The zero-order valence-electron chi connectivity index (χ0n) is 7.41. The fourth-order valence-corrected chi connectivity index (χ4v) is 1.41. The van der Waals surface area contributed by atoms with Gasteiger partial charge < -0.3 is 14.8 Å². The van der Waals surface area contributed by atoms with Gasteiger partial charge in [-0.05, 0) is 24.6 Å². The zero-order chi connectivity index (χ0) is 10.0. The number of hydrogen-bond donors (Lipinski definition) is 2. The van der Waals surface area contributed by atoms with Crippen molar-refractivity contribution in [2.75, 3.05) is 7.11 Å². The van der Waals surface area contributed by atoms with Crippen LogP contribution < -0.4 is 10.2 Å². The van der Waals surface area contributed by atoms with Crippen LogP contribution in [0.3, 0.4) is 0 Å². The first-order valence-electron chi connectivity index (χ1n) is 3.76. The number of methoxy groups -OCH3 is 1. The quantitative estimate of drug-likeness (QED) is 0.743. The van der Waals surface area contributed by atoms with E-state index in [9.17, 15) is 0 Å². The SMILES string of the molecule is COc1cc(C)c(Br)cc1B(O)O. The van der Waals surface area contributed by atoms with E-state index in [-0.39, 0.29) is 0 Å². The molecule has 70 valence electrons. The summed E-state index contributed by atoms with van der Waals surface area (Å²) < 4.78 is 5.83. The lowest BCUT2D eigenvalue weighted by Crippen LogP contribution is -2.31. The first-order valence-corrected chi connectivity index (χ1v) is 4.55. The maximum atomic E-state index is 9.01. The van der Waals surface area contributed by atoms with E-state index in [1.807, 2.05) is 6.92 Å². The summed E-state index contributed by atoms with van der Waals surface area (Å²) in [5, 5.41) is 18.0. The van der Waals surface area contributed by atoms with Crippen molar-refractivity contribution in [3.05, 3.63) is 22.2 Å². The Hall–Kier alpha value is -0.515. The molecule has 1 rings (SSSR count). The first-order chi connectivity index (χ1) is 6.06. The highest BCUT2D eigenvalue weighted by molar-refractivity contribution is 9.10. The Labute approximate surface area is 85.6 Å². The number of rotatable bonds is 2. The lowest BCUT2D eigenvalue weighted by molar-refractivity contribution is 0.403. The average molecular weight is 245 g/mol. The van der Waals surface area contributed by atoms with Crippen molar-refractivity contribution in [1.82, 2.24) is 0 Å². The predicted molar refractivity (Wildman–Crippen MR) is 55.3 cm³/mol. The Morgan fingerprint density at radius 3 is 2.46 bits per heavy atom. The van der Waals surface area contributed by atoms with E-state index in [4.69, 9.17) is 14.8 Å². The summed E-state index contributed by atoms with van der Waals surface area (Å²) in [4.78, 5) is 0. The van der Waals surface area contributed by atoms with Crippen LogP contribution >= 0.6 is 15.9 Å². The summed E-state index contributed by atoms with van der Waals surface area (Å²) in [5.41, 5.74) is 1.35. The van der Waals surface area contributed by atoms with Crippen molar-refractivity contribution in [3.63, 3.8) is 0 Å². The van der Waals surface area contributed by atoms with Gasteiger partial charge in [0.2, 0.25) is 0 Å². The van der Waals surface area contributed by atoms with Gasteiger partial charge in [-0.1, -0.05) is 15.9 Å². The molecule has 1 aromatic rings. The summed E-state index contributed by atoms with van der Waals surface area (Å²) in [7, 11) is -0.0129. The zero-order valence-corrected chi connectivity index (χ0v) is 9.00. The molecule has 0 saturated carbocycles. The molecular weight excluding hydrogens is 235 g/mol. The van der Waals surface area contributed by atoms with Crippen LogP contribution in [-0.4, -0.2) is 24.3 Å². The second kappa shape index (κ2) is 4.13. The number of benzene rings is 1. The lowest BCUT2D eigenvalue weighted by Gasteiger charge is -2.09. The Morgan fingerprint density at radius 1 is 1.38 bits per heavy atom. The van der Waals surface area contributed by atoms with E-state index in [0.717, 1.165) is 10.0 Å². The van der Waals surface area contributed by atoms with Crippen molar-refractivity contribution >= 4 is 28.5 Å². The normalized spacial score (nSPS) is 9.92. The van der Waals surface area contributed by atoms with Crippen molar-refractivity contribution < 1.29 is 14.8 Å². The van der Waals surface area contributed by atoms with Crippen LogP contribution in [0.15, 0.2) is 16.6 Å². The van der Waals surface area contributed by atoms with Gasteiger partial charge in [-0.3, -0.25) is 0 Å². The number of ether oxygens (including phenoxy) is 1. The molecular formula is C8H10BBrO3. The molecule has 0 fully saturated rings. The van der Waals surface area contributed by atoms with Gasteiger partial charge in [0.25, 0.3) is 0 Å². The second-order valence-corrected chi connectivity index (χ2v) is 3.57. The molecule has 5 heteroatoms. The lowest BCUT2D eigenvalue weighted by atomic mass is 9.79. The van der Waals surface area contributed by atoms with Gasteiger partial charge in [-0.25, -0.2) is 0 Å². The van der Waals surface area contributed by atoms with E-state index < -0.39 is 7.12 Å². The minimum Gasteiger partial charge on any atom is -0.497 e. The Kier molecular flexibility index (Phi) is 3.36. The number of hydrogen-bond acceptors (Lipinski definition) is 3. The summed E-state index contributed by atoms with van der Waals surface area (Å²) in [6.07, 6.45) is 0. The third-order valence-electron chi connectivity index (χ3n) is 1.79. The largest absolute Gasteiger partial charge is 0.497 e. The third kappa shape index (κ3) is 2.24. The summed E-state index contributed by atoms with van der Waals surface area (Å²) >= 11 is 3.30. The van der Waals surface area contributed by atoms with Crippen LogP contribution in [0.2, 0.25) is 0 Å². The molecule has 0 saturated heterocycles. The molecule has 0 aliphatic carbocycles. The van der Waals surface area contributed by atoms with Gasteiger partial charge in [-0.15, -0.1) is 0 Å². The molecule has 0 unspecified atom stereocenters. The number of halogens is 1. The van der Waals surface area contributed by atoms with E-state index >= 15 is 0 Å². The molecule has 0 aliphatic heterocycles. The highest BCUT2D eigenvalue weighted by atomic mass is 79.9. The highest BCUT2D eigenvalue weighted by Crippen LogP contribution is 2.19. The van der Waals surface area contributed by atoms with Crippen LogP contribution in [0.4, 0.5) is 0 Å². The molecule has 0 amide bonds. The van der Waals surface area contributed by atoms with E-state index in [1.54, 1.807) is 12.1 Å². The molecule has 0 aromatic heterocycles. The minimum absolute atomic E-state index is 0.361. The van der Waals surface area contributed by atoms with Crippen LogP contribution in [0.1, 0.15) is 5.56 Å². The van der Waals surface area contributed by atoms with Crippen LogP contribution in [0.5, 0.6) is 5.75 Å². The number of aryl methyl sites for hydroxylation is 1. The van der Waals surface area contributed by atoms with Crippen LogP contribution in [0.25, 0.3) is 0 Å². The van der Waals surface area contributed by atoms with E-state index in [0.29, 0.717) is 11.2 Å². The molecule has 0 bridgehead atoms. The topological polar surface area (TPSA) is 49.7 Å². The molecule has 1 aromatic carbocycles. The molecule has 0 radical (unpaired) electrons. The predicted octanol–water partition coefficient (Wildman–Crippen LogP) is 0.446. The average Bonchev–Trinajstić information content (AvgIpc) is 2.08. The fraction of sp³-hybridized carbons (Fsp3) is 0.250. The first kappa shape index (κ1) is 10.6.